The molecule has 1 aliphatic heterocycles. The summed E-state index contributed by atoms with van der Waals surface area (Å²) < 4.78 is 10.9. The van der Waals surface area contributed by atoms with Gasteiger partial charge >= 0.3 is 5.97 Å². The van der Waals surface area contributed by atoms with Gasteiger partial charge in [0.15, 0.2) is 11.6 Å². The van der Waals surface area contributed by atoms with E-state index < -0.39 is 5.97 Å². The molecule has 0 unspecified atom stereocenters. The van der Waals surface area contributed by atoms with Crippen molar-refractivity contribution in [2.24, 2.45) is 0 Å². The molecule has 8 heteroatoms. The molecule has 1 aliphatic carbocycles. The van der Waals surface area contributed by atoms with E-state index in [1.807, 2.05) is 0 Å². The smallest absolute Gasteiger partial charge is 0.331 e. The van der Waals surface area contributed by atoms with Gasteiger partial charge in [-0.15, -0.1) is 11.3 Å². The fourth-order valence-electron chi connectivity index (χ4n) is 3.60. The summed E-state index contributed by atoms with van der Waals surface area (Å²) >= 11 is 1.52. The Morgan fingerprint density at radius 2 is 2.04 bits per heavy atom. The molecule has 0 fully saturated rings. The minimum absolute atomic E-state index is 0.128. The van der Waals surface area contributed by atoms with Crippen LogP contribution in [-0.2, 0) is 33.8 Å². The van der Waals surface area contributed by atoms with Crippen molar-refractivity contribution >= 4 is 23.1 Å². The number of ketones is 1. The first kappa shape index (κ1) is 17.1. The van der Waals surface area contributed by atoms with E-state index in [2.05, 4.69) is 10.1 Å². The van der Waals surface area contributed by atoms with Crippen molar-refractivity contribution in [2.75, 3.05) is 6.61 Å². The van der Waals surface area contributed by atoms with Crippen LogP contribution in [0.4, 0.5) is 0 Å². The molecule has 0 saturated carbocycles. The lowest BCUT2D eigenvalue weighted by Crippen LogP contribution is -2.10. The highest BCUT2D eigenvalue weighted by molar-refractivity contribution is 7.12. The number of rotatable bonds is 5. The van der Waals surface area contributed by atoms with E-state index in [0.29, 0.717) is 49.8 Å². The molecule has 0 atom stereocenters. The van der Waals surface area contributed by atoms with E-state index in [1.54, 1.807) is 6.92 Å². The summed E-state index contributed by atoms with van der Waals surface area (Å²) in [6.45, 7) is 2.88. The predicted octanol–water partition coefficient (Wildman–Crippen LogP) is 2.86. The van der Waals surface area contributed by atoms with Crippen molar-refractivity contribution in [1.82, 2.24) is 10.1 Å². The van der Waals surface area contributed by atoms with Gasteiger partial charge in [0.1, 0.15) is 0 Å². The molecule has 2 aromatic heterocycles. The van der Waals surface area contributed by atoms with Gasteiger partial charge in [-0.1, -0.05) is 5.16 Å². The zero-order valence-electron chi connectivity index (χ0n) is 14.3. The lowest BCUT2D eigenvalue weighted by Gasteiger charge is -2.12. The summed E-state index contributed by atoms with van der Waals surface area (Å²) in [5.74, 6) is -0.158. The summed E-state index contributed by atoms with van der Waals surface area (Å²) in [5, 5.41) is 13.2. The third-order valence-corrected chi connectivity index (χ3v) is 5.97. The average Bonchev–Trinajstić information content (AvgIpc) is 3.31. The summed E-state index contributed by atoms with van der Waals surface area (Å²) in [4.78, 5) is 30.4. The molecule has 26 heavy (non-hydrogen) atoms. The number of Topliss-reactive ketones (excluding diaryl/α,β-unsaturated/α-hetero) is 1. The molecule has 0 radical (unpaired) electrons. The van der Waals surface area contributed by atoms with E-state index in [1.165, 1.54) is 11.3 Å². The van der Waals surface area contributed by atoms with E-state index in [-0.39, 0.29) is 17.8 Å². The Balaban J connectivity index is 1.73. The molecule has 0 saturated heterocycles. The normalized spacial score (nSPS) is 16.8. The van der Waals surface area contributed by atoms with Crippen molar-refractivity contribution in [3.63, 3.8) is 0 Å². The number of fused-ring (bicyclic) bond motifs is 1. The van der Waals surface area contributed by atoms with Crippen molar-refractivity contribution < 1.29 is 24.0 Å². The summed E-state index contributed by atoms with van der Waals surface area (Å²) in [7, 11) is 0. The molecule has 2 aromatic rings. The number of hydrogen-bond donors (Lipinski definition) is 1. The summed E-state index contributed by atoms with van der Waals surface area (Å²) in [6, 6.07) is 0. The first-order valence-corrected chi connectivity index (χ1v) is 9.36. The van der Waals surface area contributed by atoms with Crippen LogP contribution < -0.4 is 0 Å². The second-order valence-electron chi connectivity index (χ2n) is 6.47. The van der Waals surface area contributed by atoms with Crippen LogP contribution in [0.1, 0.15) is 40.4 Å². The van der Waals surface area contributed by atoms with Gasteiger partial charge in [-0.05, 0) is 38.2 Å². The van der Waals surface area contributed by atoms with Crippen molar-refractivity contribution in [3.05, 3.63) is 32.3 Å². The first-order valence-electron chi connectivity index (χ1n) is 8.55. The second kappa shape index (κ2) is 6.77. The number of nitrogens with zero attached hydrogens (tertiary/aromatic N) is 2. The molecule has 7 nitrogen and oxygen atoms in total. The number of aliphatic carboxylic acids is 1. The Labute approximate surface area is 153 Å². The van der Waals surface area contributed by atoms with Gasteiger partial charge in [0.25, 0.3) is 5.89 Å². The number of carbonyl (C=O) groups is 2. The van der Waals surface area contributed by atoms with Crippen LogP contribution in [0.25, 0.3) is 11.5 Å². The highest BCUT2D eigenvalue weighted by Gasteiger charge is 2.30. The molecule has 0 amide bonds. The minimum atomic E-state index is -0.988. The Bertz CT molecular complexity index is 924. The van der Waals surface area contributed by atoms with E-state index in [9.17, 15) is 14.7 Å². The van der Waals surface area contributed by atoms with Gasteiger partial charge < -0.3 is 14.4 Å². The highest BCUT2D eigenvalue weighted by atomic mass is 32.1. The zero-order chi connectivity index (χ0) is 18.3. The third-order valence-electron chi connectivity index (χ3n) is 4.77. The SMILES string of the molecule is Cc1noc(-c2c(CC(=O)C3=C(C(=O)O)CCC3)sc3c2CCOC3)n1. The number of ether oxygens (including phenoxy) is 1. The standard InChI is InChI=1S/C18H18N2O5S/c1-9-19-17(25-20-9)16-12-5-6-24-8-15(12)26-14(16)7-13(21)10-3-2-4-11(10)18(22)23/h2-8H2,1H3,(H,22,23). The molecule has 4 rings (SSSR count). The maximum absolute atomic E-state index is 12.8. The number of aromatic nitrogens is 2. The Hall–Kier alpha value is -2.32. The number of allylic oxidation sites excluding steroid dienone is 1. The molecular formula is C18H18N2O5S. The van der Waals surface area contributed by atoms with Gasteiger partial charge in [0.2, 0.25) is 0 Å². The van der Waals surface area contributed by atoms with Crippen molar-refractivity contribution in [1.29, 1.82) is 0 Å². The molecule has 0 spiro atoms. The van der Waals surface area contributed by atoms with E-state index >= 15 is 0 Å². The number of aryl methyl sites for hydroxylation is 1. The van der Waals surface area contributed by atoms with Gasteiger partial charge in [0.05, 0.1) is 18.8 Å². The predicted molar refractivity (Wildman–Crippen MR) is 92.9 cm³/mol. The average molecular weight is 374 g/mol. The van der Waals surface area contributed by atoms with Crippen LogP contribution >= 0.6 is 11.3 Å². The molecule has 3 heterocycles. The van der Waals surface area contributed by atoms with Gasteiger partial charge in [-0.3, -0.25) is 4.79 Å². The van der Waals surface area contributed by atoms with E-state index in [0.717, 1.165) is 27.3 Å². The third kappa shape index (κ3) is 2.99. The molecule has 136 valence electrons. The maximum Gasteiger partial charge on any atom is 0.331 e. The van der Waals surface area contributed by atoms with Crippen LogP contribution in [0.15, 0.2) is 15.7 Å². The van der Waals surface area contributed by atoms with Crippen LogP contribution in [0.2, 0.25) is 0 Å². The fourth-order valence-corrected chi connectivity index (χ4v) is 4.88. The lowest BCUT2D eigenvalue weighted by molar-refractivity contribution is -0.133. The van der Waals surface area contributed by atoms with Gasteiger partial charge in [0, 0.05) is 27.3 Å². The molecule has 2 aliphatic rings. The first-order chi connectivity index (χ1) is 12.5. The van der Waals surface area contributed by atoms with Crippen LogP contribution in [0.5, 0.6) is 0 Å². The second-order valence-corrected chi connectivity index (χ2v) is 7.66. The minimum Gasteiger partial charge on any atom is -0.478 e. The zero-order valence-corrected chi connectivity index (χ0v) is 15.1. The number of carboxylic acid groups (broad SMARTS) is 1. The molecular weight excluding hydrogens is 356 g/mol. The number of carboxylic acids is 1. The van der Waals surface area contributed by atoms with E-state index in [4.69, 9.17) is 9.26 Å². The molecule has 0 bridgehead atoms. The molecule has 0 aromatic carbocycles. The fraction of sp³-hybridized carbons (Fsp3) is 0.444. The Morgan fingerprint density at radius 1 is 1.23 bits per heavy atom. The highest BCUT2D eigenvalue weighted by Crippen LogP contribution is 2.40. The Morgan fingerprint density at radius 3 is 2.77 bits per heavy atom. The monoisotopic (exact) mass is 374 g/mol. The van der Waals surface area contributed by atoms with Gasteiger partial charge in [-0.2, -0.15) is 4.98 Å². The quantitative estimate of drug-likeness (QED) is 0.858. The van der Waals surface area contributed by atoms with Crippen LogP contribution in [0, 0.1) is 6.92 Å². The van der Waals surface area contributed by atoms with Crippen LogP contribution in [0.3, 0.4) is 0 Å². The lowest BCUT2D eigenvalue weighted by atomic mass is 9.99. The van der Waals surface area contributed by atoms with Crippen LogP contribution in [-0.4, -0.2) is 33.6 Å². The van der Waals surface area contributed by atoms with Crippen molar-refractivity contribution in [2.45, 2.75) is 45.6 Å². The summed E-state index contributed by atoms with van der Waals surface area (Å²) in [6.07, 6.45) is 2.60. The summed E-state index contributed by atoms with van der Waals surface area (Å²) in [5.41, 5.74) is 2.65. The maximum atomic E-state index is 12.8. The molecule has 1 N–H and O–H groups in total. The number of hydrogen-bond acceptors (Lipinski definition) is 7. The number of thiophene rings is 1. The Kier molecular flexibility index (Phi) is 4.46. The number of carbonyl (C=O) groups excluding carboxylic acids is 1. The van der Waals surface area contributed by atoms with Crippen molar-refractivity contribution in [3.8, 4) is 11.5 Å². The topological polar surface area (TPSA) is 103 Å². The largest absolute Gasteiger partial charge is 0.478 e. The van der Waals surface area contributed by atoms with Gasteiger partial charge in [-0.25, -0.2) is 4.79 Å².